The molecule has 0 bridgehead atoms. The number of benzene rings is 1. The lowest BCUT2D eigenvalue weighted by Gasteiger charge is -2.36. The molecule has 0 spiro atoms. The van der Waals surface area contributed by atoms with Crippen LogP contribution in [0.1, 0.15) is 13.8 Å². The van der Waals surface area contributed by atoms with Crippen LogP contribution in [0.4, 0.5) is 0 Å². The highest BCUT2D eigenvalue weighted by Gasteiger charge is 2.23. The van der Waals surface area contributed by atoms with Crippen LogP contribution in [0.25, 0.3) is 0 Å². The van der Waals surface area contributed by atoms with Gasteiger partial charge in [0.2, 0.25) is 0 Å². The van der Waals surface area contributed by atoms with Crippen LogP contribution in [0.2, 0.25) is 0 Å². The fraction of sp³-hybridized carbons (Fsp3) is 0.625. The monoisotopic (exact) mass is 331 g/mol. The van der Waals surface area contributed by atoms with Crippen molar-refractivity contribution in [1.82, 2.24) is 4.90 Å². The summed E-state index contributed by atoms with van der Waals surface area (Å²) in [5.41, 5.74) is 0. The lowest BCUT2D eigenvalue weighted by atomic mass is 10.2. The van der Waals surface area contributed by atoms with E-state index in [-0.39, 0.29) is 31.2 Å². The summed E-state index contributed by atoms with van der Waals surface area (Å²) in [5.74, 6) is 1.53. The van der Waals surface area contributed by atoms with Crippen LogP contribution in [0.3, 0.4) is 0 Å². The molecule has 1 N–H and O–H groups in total. The molecule has 1 heterocycles. The van der Waals surface area contributed by atoms with Crippen molar-refractivity contribution in [2.45, 2.75) is 32.2 Å². The Bertz CT molecular complexity index is 419. The van der Waals surface area contributed by atoms with Gasteiger partial charge in [-0.1, -0.05) is 0 Å². The molecule has 6 heteroatoms. The van der Waals surface area contributed by atoms with Crippen molar-refractivity contribution in [3.63, 3.8) is 0 Å². The highest BCUT2D eigenvalue weighted by Crippen LogP contribution is 2.17. The molecule has 0 amide bonds. The van der Waals surface area contributed by atoms with Gasteiger partial charge in [0.1, 0.15) is 24.2 Å². The first-order valence-electron chi connectivity index (χ1n) is 7.39. The number of rotatable bonds is 6. The summed E-state index contributed by atoms with van der Waals surface area (Å²) in [6, 6.07) is 7.36. The van der Waals surface area contributed by atoms with Gasteiger partial charge in [-0.05, 0) is 38.1 Å². The smallest absolute Gasteiger partial charge is 0.119 e. The van der Waals surface area contributed by atoms with Crippen LogP contribution in [0.5, 0.6) is 11.5 Å². The third kappa shape index (κ3) is 6.01. The Labute approximate surface area is 138 Å². The van der Waals surface area contributed by atoms with E-state index in [2.05, 4.69) is 18.7 Å². The molecule has 0 saturated carbocycles. The number of halogens is 1. The zero-order chi connectivity index (χ0) is 15.2. The number of hydrogen-bond acceptors (Lipinski definition) is 5. The second-order valence-corrected chi connectivity index (χ2v) is 5.62. The number of morpholine rings is 1. The van der Waals surface area contributed by atoms with E-state index in [0.29, 0.717) is 6.54 Å². The minimum Gasteiger partial charge on any atom is -0.497 e. The van der Waals surface area contributed by atoms with E-state index < -0.39 is 6.10 Å². The number of ether oxygens (including phenoxy) is 3. The van der Waals surface area contributed by atoms with Crippen LogP contribution in [-0.2, 0) is 4.74 Å². The van der Waals surface area contributed by atoms with E-state index in [1.165, 1.54) is 0 Å². The molecule has 0 aromatic heterocycles. The summed E-state index contributed by atoms with van der Waals surface area (Å²) in [6.07, 6.45) is -0.0866. The SMILES string of the molecule is COc1ccc(OCC(O)CN2CC(C)OC(C)C2)cc1.Cl. The van der Waals surface area contributed by atoms with Crippen LogP contribution >= 0.6 is 12.4 Å². The molecule has 0 radical (unpaired) electrons. The molecular weight excluding hydrogens is 306 g/mol. The molecule has 1 aliphatic heterocycles. The maximum absolute atomic E-state index is 10.1. The molecule has 2 rings (SSSR count). The van der Waals surface area contributed by atoms with Crippen LogP contribution in [-0.4, -0.2) is 61.7 Å². The van der Waals surface area contributed by atoms with Crippen molar-refractivity contribution in [2.75, 3.05) is 33.4 Å². The molecule has 22 heavy (non-hydrogen) atoms. The summed E-state index contributed by atoms with van der Waals surface area (Å²) >= 11 is 0. The number of hydrogen-bond donors (Lipinski definition) is 1. The van der Waals surface area contributed by atoms with Crippen molar-refractivity contribution in [2.24, 2.45) is 0 Å². The minimum absolute atomic E-state index is 0. The zero-order valence-corrected chi connectivity index (χ0v) is 14.2. The summed E-state index contributed by atoms with van der Waals surface area (Å²) in [5, 5.41) is 10.1. The zero-order valence-electron chi connectivity index (χ0n) is 13.4. The van der Waals surface area contributed by atoms with Crippen molar-refractivity contribution >= 4 is 12.4 Å². The van der Waals surface area contributed by atoms with Gasteiger partial charge >= 0.3 is 0 Å². The summed E-state index contributed by atoms with van der Waals surface area (Å²) in [6.45, 7) is 6.71. The molecule has 126 valence electrons. The van der Waals surface area contributed by atoms with Gasteiger partial charge in [0.15, 0.2) is 0 Å². The van der Waals surface area contributed by atoms with Crippen molar-refractivity contribution in [3.8, 4) is 11.5 Å². The molecule has 1 aliphatic rings. The van der Waals surface area contributed by atoms with Crippen LogP contribution in [0, 0.1) is 0 Å². The van der Waals surface area contributed by atoms with E-state index in [9.17, 15) is 5.11 Å². The molecule has 1 aromatic carbocycles. The molecule has 0 aliphatic carbocycles. The topological polar surface area (TPSA) is 51.2 Å². The number of β-amino-alcohol motifs (C(OH)–C–C–N with tert-alkyl or cyclic N) is 1. The Hall–Kier alpha value is -1.01. The van der Waals surface area contributed by atoms with E-state index in [0.717, 1.165) is 24.6 Å². The Balaban J connectivity index is 0.00000242. The summed E-state index contributed by atoms with van der Waals surface area (Å²) in [4.78, 5) is 2.22. The van der Waals surface area contributed by atoms with Crippen molar-refractivity contribution in [3.05, 3.63) is 24.3 Å². The Morgan fingerprint density at radius 2 is 1.73 bits per heavy atom. The van der Waals surface area contributed by atoms with Gasteiger partial charge in [0.05, 0.1) is 19.3 Å². The number of aliphatic hydroxyl groups excluding tert-OH is 1. The Morgan fingerprint density at radius 3 is 2.27 bits per heavy atom. The van der Waals surface area contributed by atoms with E-state index in [1.54, 1.807) is 7.11 Å². The fourth-order valence-electron chi connectivity index (χ4n) is 2.65. The lowest BCUT2D eigenvalue weighted by molar-refractivity contribution is -0.0786. The number of aliphatic hydroxyl groups is 1. The second-order valence-electron chi connectivity index (χ2n) is 5.62. The molecule has 1 saturated heterocycles. The highest BCUT2D eigenvalue weighted by atomic mass is 35.5. The van der Waals surface area contributed by atoms with Crippen molar-refractivity contribution < 1.29 is 19.3 Å². The van der Waals surface area contributed by atoms with Crippen molar-refractivity contribution in [1.29, 1.82) is 0 Å². The minimum atomic E-state index is -0.510. The van der Waals surface area contributed by atoms with Gasteiger partial charge in [0, 0.05) is 19.6 Å². The molecule has 3 unspecified atom stereocenters. The predicted molar refractivity (Wildman–Crippen MR) is 88.2 cm³/mol. The van der Waals surface area contributed by atoms with Gasteiger partial charge in [-0.3, -0.25) is 4.90 Å². The van der Waals surface area contributed by atoms with Gasteiger partial charge in [0.25, 0.3) is 0 Å². The molecule has 1 aromatic rings. The Morgan fingerprint density at radius 1 is 1.18 bits per heavy atom. The highest BCUT2D eigenvalue weighted by molar-refractivity contribution is 5.85. The third-order valence-electron chi connectivity index (χ3n) is 3.47. The van der Waals surface area contributed by atoms with Gasteiger partial charge in [-0.25, -0.2) is 0 Å². The standard InChI is InChI=1S/C16H25NO4.ClH/c1-12-8-17(9-13(2)21-12)10-14(18)11-20-16-6-4-15(19-3)5-7-16;/h4-7,12-14,18H,8-11H2,1-3H3;1H. The van der Waals surface area contributed by atoms with Crippen LogP contribution < -0.4 is 9.47 Å². The first kappa shape index (κ1) is 19.0. The quantitative estimate of drug-likeness (QED) is 0.863. The van der Waals surface area contributed by atoms with E-state index >= 15 is 0 Å². The normalized spacial score (nSPS) is 23.5. The third-order valence-corrected chi connectivity index (χ3v) is 3.47. The van der Waals surface area contributed by atoms with E-state index in [4.69, 9.17) is 14.2 Å². The maximum atomic E-state index is 10.1. The molecule has 3 atom stereocenters. The van der Waals surface area contributed by atoms with Gasteiger partial charge < -0.3 is 19.3 Å². The van der Waals surface area contributed by atoms with Gasteiger partial charge in [-0.2, -0.15) is 0 Å². The summed E-state index contributed by atoms with van der Waals surface area (Å²) in [7, 11) is 1.63. The largest absolute Gasteiger partial charge is 0.497 e. The van der Waals surface area contributed by atoms with Crippen LogP contribution in [0.15, 0.2) is 24.3 Å². The average molecular weight is 332 g/mol. The lowest BCUT2D eigenvalue weighted by Crippen LogP contribution is -2.48. The Kier molecular flexibility index (Phi) is 7.96. The van der Waals surface area contributed by atoms with Gasteiger partial charge in [-0.15, -0.1) is 12.4 Å². The average Bonchev–Trinajstić information content (AvgIpc) is 2.44. The second kappa shape index (κ2) is 9.20. The first-order valence-corrected chi connectivity index (χ1v) is 7.39. The molecular formula is C16H26ClNO4. The first-order chi connectivity index (χ1) is 10.1. The molecule has 1 fully saturated rings. The number of methoxy groups -OCH3 is 1. The summed E-state index contributed by atoms with van der Waals surface area (Å²) < 4.78 is 16.4. The van der Waals surface area contributed by atoms with E-state index in [1.807, 2.05) is 24.3 Å². The molecule has 5 nitrogen and oxygen atoms in total. The predicted octanol–water partition coefficient (Wildman–Crippen LogP) is 1.97. The fourth-order valence-corrected chi connectivity index (χ4v) is 2.65. The maximum Gasteiger partial charge on any atom is 0.119 e. The number of nitrogens with zero attached hydrogens (tertiary/aromatic N) is 1.